The van der Waals surface area contributed by atoms with Gasteiger partial charge in [0.05, 0.1) is 11.5 Å². The molecule has 7 heteroatoms. The highest BCUT2D eigenvalue weighted by molar-refractivity contribution is 7.91. The quantitative estimate of drug-likeness (QED) is 0.761. The van der Waals surface area contributed by atoms with Gasteiger partial charge < -0.3 is 5.73 Å². The van der Waals surface area contributed by atoms with Crippen molar-refractivity contribution in [3.8, 4) is 0 Å². The van der Waals surface area contributed by atoms with Crippen molar-refractivity contribution in [1.29, 1.82) is 0 Å². The van der Waals surface area contributed by atoms with Crippen LogP contribution in [0.5, 0.6) is 0 Å². The Morgan fingerprint density at radius 3 is 2.38 bits per heavy atom. The minimum atomic E-state index is -2.74. The second-order valence-electron chi connectivity index (χ2n) is 4.45. The van der Waals surface area contributed by atoms with Crippen LogP contribution in [-0.2, 0) is 9.84 Å². The Kier molecular flexibility index (Phi) is 6.58. The minimum absolute atomic E-state index is 0. The summed E-state index contributed by atoms with van der Waals surface area (Å²) in [4.78, 5) is 2.26. The lowest BCUT2D eigenvalue weighted by Crippen LogP contribution is -2.48. The summed E-state index contributed by atoms with van der Waals surface area (Å²) in [6, 6.07) is 0.485. The van der Waals surface area contributed by atoms with Crippen LogP contribution in [0.25, 0.3) is 0 Å². The maximum atomic E-state index is 11.3. The van der Waals surface area contributed by atoms with Crippen molar-refractivity contribution >= 4 is 34.7 Å². The molecule has 0 radical (unpaired) electrons. The van der Waals surface area contributed by atoms with Crippen molar-refractivity contribution in [2.45, 2.75) is 31.3 Å². The summed E-state index contributed by atoms with van der Waals surface area (Å²) in [6.07, 6.45) is 2.99. The van der Waals surface area contributed by atoms with Gasteiger partial charge >= 0.3 is 0 Å². The maximum Gasteiger partial charge on any atom is 0.151 e. The molecule has 2 unspecified atom stereocenters. The van der Waals surface area contributed by atoms with Crippen LogP contribution in [0, 0.1) is 0 Å². The molecule has 16 heavy (non-hydrogen) atoms. The highest BCUT2D eigenvalue weighted by atomic mass is 35.5. The molecule has 2 aliphatic rings. The first kappa shape index (κ1) is 16.4. The molecule has 0 aromatic heterocycles. The second-order valence-corrected chi connectivity index (χ2v) is 6.68. The van der Waals surface area contributed by atoms with Gasteiger partial charge in [0, 0.05) is 18.6 Å². The van der Waals surface area contributed by atoms with Crippen molar-refractivity contribution in [2.75, 3.05) is 24.6 Å². The van der Waals surface area contributed by atoms with Gasteiger partial charge in [-0.15, -0.1) is 24.8 Å². The van der Waals surface area contributed by atoms with Gasteiger partial charge in [0.1, 0.15) is 0 Å². The average molecular weight is 291 g/mol. The van der Waals surface area contributed by atoms with Gasteiger partial charge in [0.2, 0.25) is 0 Å². The van der Waals surface area contributed by atoms with Crippen molar-refractivity contribution < 1.29 is 8.42 Å². The summed E-state index contributed by atoms with van der Waals surface area (Å²) in [7, 11) is -2.74. The van der Waals surface area contributed by atoms with Crippen LogP contribution in [0.1, 0.15) is 19.3 Å². The fraction of sp³-hybridized carbons (Fsp3) is 1.00. The third-order valence-electron chi connectivity index (χ3n) is 3.21. The normalized spacial score (nSPS) is 33.8. The number of hydrogen-bond acceptors (Lipinski definition) is 4. The molecule has 2 atom stereocenters. The van der Waals surface area contributed by atoms with E-state index >= 15 is 0 Å². The number of sulfone groups is 1. The van der Waals surface area contributed by atoms with E-state index in [1.54, 1.807) is 0 Å². The molecule has 2 rings (SSSR count). The fourth-order valence-corrected chi connectivity index (χ4v) is 4.20. The minimum Gasteiger partial charge on any atom is -0.327 e. The van der Waals surface area contributed by atoms with E-state index < -0.39 is 9.84 Å². The molecular weight excluding hydrogens is 271 g/mol. The Bertz CT molecular complexity index is 311. The molecule has 4 nitrogen and oxygen atoms in total. The van der Waals surface area contributed by atoms with Crippen LogP contribution in [0.2, 0.25) is 0 Å². The number of rotatable bonds is 1. The topological polar surface area (TPSA) is 63.4 Å². The van der Waals surface area contributed by atoms with Gasteiger partial charge in [-0.25, -0.2) is 8.42 Å². The molecule has 2 saturated heterocycles. The van der Waals surface area contributed by atoms with E-state index in [0.717, 1.165) is 32.4 Å². The van der Waals surface area contributed by atoms with E-state index in [0.29, 0.717) is 11.5 Å². The first-order valence-electron chi connectivity index (χ1n) is 5.27. The Hall–Kier alpha value is 0.450. The largest absolute Gasteiger partial charge is 0.327 e. The fourth-order valence-electron chi connectivity index (χ4n) is 2.44. The maximum absolute atomic E-state index is 11.3. The Balaban J connectivity index is 0.00000112. The summed E-state index contributed by atoms with van der Waals surface area (Å²) in [5.74, 6) is 0.711. The number of nitrogens with zero attached hydrogens (tertiary/aromatic N) is 1. The van der Waals surface area contributed by atoms with Crippen LogP contribution in [-0.4, -0.2) is 50.0 Å². The van der Waals surface area contributed by atoms with E-state index in [4.69, 9.17) is 5.73 Å². The first-order chi connectivity index (χ1) is 6.57. The summed E-state index contributed by atoms with van der Waals surface area (Å²) >= 11 is 0. The van der Waals surface area contributed by atoms with Crippen LogP contribution >= 0.6 is 24.8 Å². The average Bonchev–Trinajstić information content (AvgIpc) is 2.46. The van der Waals surface area contributed by atoms with Gasteiger partial charge in [0.25, 0.3) is 0 Å². The molecule has 0 bridgehead atoms. The third kappa shape index (κ3) is 4.04. The molecule has 0 saturated carbocycles. The molecule has 0 aromatic carbocycles. The first-order valence-corrected chi connectivity index (χ1v) is 7.09. The number of nitrogens with two attached hydrogens (primary N) is 1. The predicted molar refractivity (Wildman–Crippen MR) is 70.3 cm³/mol. The van der Waals surface area contributed by atoms with E-state index in [-0.39, 0.29) is 36.9 Å². The molecule has 0 amide bonds. The Labute approximate surface area is 110 Å². The van der Waals surface area contributed by atoms with Crippen LogP contribution in [0.3, 0.4) is 0 Å². The van der Waals surface area contributed by atoms with Crippen LogP contribution in [0.4, 0.5) is 0 Å². The molecule has 0 spiro atoms. The summed E-state index contributed by atoms with van der Waals surface area (Å²) < 4.78 is 22.6. The molecule has 0 aliphatic carbocycles. The summed E-state index contributed by atoms with van der Waals surface area (Å²) in [5, 5.41) is 0. The Morgan fingerprint density at radius 2 is 1.88 bits per heavy atom. The van der Waals surface area contributed by atoms with Crippen molar-refractivity contribution in [3.05, 3.63) is 0 Å². The Morgan fingerprint density at radius 1 is 1.19 bits per heavy atom. The standard InChI is InChI=1S/C9H18N2O2S.2ClH/c10-8-2-1-4-11(6-8)9-3-5-14(12,13)7-9;;/h8-9H,1-7,10H2;2*1H. The van der Waals surface area contributed by atoms with Gasteiger partial charge in [-0.3, -0.25) is 4.90 Å². The lowest BCUT2D eigenvalue weighted by atomic mass is 10.0. The second kappa shape index (κ2) is 6.40. The van der Waals surface area contributed by atoms with Crippen LogP contribution < -0.4 is 5.73 Å². The molecule has 2 aliphatic heterocycles. The zero-order chi connectivity index (χ0) is 10.2. The summed E-state index contributed by atoms with van der Waals surface area (Å²) in [6.45, 7) is 1.90. The van der Waals surface area contributed by atoms with E-state index in [1.165, 1.54) is 0 Å². The number of halogens is 2. The van der Waals surface area contributed by atoms with Gasteiger partial charge in [-0.2, -0.15) is 0 Å². The monoisotopic (exact) mass is 290 g/mol. The highest BCUT2D eigenvalue weighted by Crippen LogP contribution is 2.21. The molecular formula is C9H20Cl2N2O2S. The smallest absolute Gasteiger partial charge is 0.151 e. The number of piperidine rings is 1. The lowest BCUT2D eigenvalue weighted by Gasteiger charge is -2.34. The number of hydrogen-bond donors (Lipinski definition) is 1. The van der Waals surface area contributed by atoms with Gasteiger partial charge in [0.15, 0.2) is 9.84 Å². The van der Waals surface area contributed by atoms with Crippen LogP contribution in [0.15, 0.2) is 0 Å². The molecule has 2 heterocycles. The predicted octanol–water partition coefficient (Wildman–Crippen LogP) is 0.440. The van der Waals surface area contributed by atoms with Gasteiger partial charge in [-0.1, -0.05) is 0 Å². The zero-order valence-corrected chi connectivity index (χ0v) is 11.6. The summed E-state index contributed by atoms with van der Waals surface area (Å²) in [5.41, 5.74) is 5.87. The molecule has 98 valence electrons. The van der Waals surface area contributed by atoms with E-state index in [9.17, 15) is 8.42 Å². The lowest BCUT2D eigenvalue weighted by molar-refractivity contribution is 0.162. The molecule has 0 aromatic rings. The zero-order valence-electron chi connectivity index (χ0n) is 9.17. The van der Waals surface area contributed by atoms with E-state index in [1.807, 2.05) is 0 Å². The van der Waals surface area contributed by atoms with Gasteiger partial charge in [-0.05, 0) is 25.8 Å². The highest BCUT2D eigenvalue weighted by Gasteiger charge is 2.33. The van der Waals surface area contributed by atoms with Crippen molar-refractivity contribution in [3.63, 3.8) is 0 Å². The molecule has 2 fully saturated rings. The number of likely N-dealkylation sites (tertiary alicyclic amines) is 1. The van der Waals surface area contributed by atoms with E-state index in [2.05, 4.69) is 4.90 Å². The van der Waals surface area contributed by atoms with Crippen molar-refractivity contribution in [1.82, 2.24) is 4.90 Å². The SMILES string of the molecule is Cl.Cl.NC1CCCN(C2CCS(=O)(=O)C2)C1. The molecule has 2 N–H and O–H groups in total. The van der Waals surface area contributed by atoms with Crippen molar-refractivity contribution in [2.24, 2.45) is 5.73 Å². The third-order valence-corrected chi connectivity index (χ3v) is 4.96.